The summed E-state index contributed by atoms with van der Waals surface area (Å²) in [4.78, 5) is 20.3. The summed E-state index contributed by atoms with van der Waals surface area (Å²) >= 11 is 0. The third-order valence-electron chi connectivity index (χ3n) is 2.17. The largest absolute Gasteiger partial charge is 0.370 e. The molecule has 0 saturated carbocycles. The van der Waals surface area contributed by atoms with E-state index in [1.807, 2.05) is 13.8 Å². The monoisotopic (exact) mass is 260 g/mol. The lowest BCUT2D eigenvalue weighted by Gasteiger charge is -2.00. The molecule has 0 aromatic rings. The van der Waals surface area contributed by atoms with Crippen LogP contribution in [0.1, 0.15) is 52.4 Å². The minimum absolute atomic E-state index is 0.185. The second-order valence-corrected chi connectivity index (χ2v) is 4.67. The molecule has 0 heterocycles. The summed E-state index contributed by atoms with van der Waals surface area (Å²) in [6.07, 6.45) is 4.30. The average Bonchev–Trinajstić information content (AvgIpc) is 2.15. The average molecular weight is 260 g/mol. The van der Waals surface area contributed by atoms with Gasteiger partial charge in [-0.2, -0.15) is 0 Å². The highest BCUT2D eigenvalue weighted by Crippen LogP contribution is 1.96. The molecule has 0 radical (unpaired) electrons. The zero-order chi connectivity index (χ0) is 14.6. The van der Waals surface area contributed by atoms with E-state index in [1.165, 1.54) is 0 Å². The first kappa shape index (κ1) is 19.2. The number of hydrogen-bond acceptors (Lipinski definition) is 4. The molecule has 0 aliphatic rings. The van der Waals surface area contributed by atoms with E-state index >= 15 is 0 Å². The molecular formula is C12H28N4O2. The summed E-state index contributed by atoms with van der Waals surface area (Å²) in [5, 5.41) is 0. The Morgan fingerprint density at radius 1 is 0.833 bits per heavy atom. The fraction of sp³-hybridized carbons (Fsp3) is 0.833. The molecule has 0 rings (SSSR count). The van der Waals surface area contributed by atoms with Crippen molar-refractivity contribution >= 4 is 11.8 Å². The minimum atomic E-state index is -0.240. The first-order chi connectivity index (χ1) is 8.25. The van der Waals surface area contributed by atoms with Gasteiger partial charge in [0.05, 0.1) is 0 Å². The normalized spacial score (nSPS) is 13.1. The Labute approximate surface area is 109 Å². The van der Waals surface area contributed by atoms with Gasteiger partial charge in [0, 0.05) is 24.9 Å². The van der Waals surface area contributed by atoms with Gasteiger partial charge < -0.3 is 22.9 Å². The Kier molecular flexibility index (Phi) is 13.1. The summed E-state index contributed by atoms with van der Waals surface area (Å²) in [5.74, 6) is -0.480. The third-order valence-corrected chi connectivity index (χ3v) is 2.17. The molecule has 6 heteroatoms. The zero-order valence-corrected chi connectivity index (χ0v) is 11.5. The van der Waals surface area contributed by atoms with E-state index in [1.54, 1.807) is 0 Å². The molecule has 0 bridgehead atoms. The number of carbonyl (C=O) groups is 2. The van der Waals surface area contributed by atoms with Gasteiger partial charge in [0.25, 0.3) is 0 Å². The SMILES string of the molecule is CC(N)CCCC(N)=O.CC(N)CCCC(N)=O. The molecule has 18 heavy (non-hydrogen) atoms. The van der Waals surface area contributed by atoms with E-state index in [0.717, 1.165) is 25.7 Å². The van der Waals surface area contributed by atoms with Gasteiger partial charge in [-0.15, -0.1) is 0 Å². The Morgan fingerprint density at radius 2 is 1.11 bits per heavy atom. The standard InChI is InChI=1S/2C6H14N2O/c2*1-5(7)3-2-4-6(8)9/h2*5H,2-4,7H2,1H3,(H2,8,9). The third kappa shape index (κ3) is 24.2. The van der Waals surface area contributed by atoms with Crippen LogP contribution in [0.15, 0.2) is 0 Å². The van der Waals surface area contributed by atoms with Gasteiger partial charge in [-0.3, -0.25) is 9.59 Å². The first-order valence-corrected chi connectivity index (χ1v) is 6.33. The highest BCUT2D eigenvalue weighted by molar-refractivity contribution is 5.73. The second kappa shape index (κ2) is 12.3. The fourth-order valence-electron chi connectivity index (χ4n) is 1.20. The van der Waals surface area contributed by atoms with Crippen molar-refractivity contribution in [2.45, 2.75) is 64.5 Å². The summed E-state index contributed by atoms with van der Waals surface area (Å²) in [7, 11) is 0. The summed E-state index contributed by atoms with van der Waals surface area (Å²) in [5.41, 5.74) is 20.7. The summed E-state index contributed by atoms with van der Waals surface area (Å²) < 4.78 is 0. The minimum Gasteiger partial charge on any atom is -0.370 e. The highest BCUT2D eigenvalue weighted by atomic mass is 16.1. The first-order valence-electron chi connectivity index (χ1n) is 6.33. The Hall–Kier alpha value is -1.14. The number of hydrogen-bond donors (Lipinski definition) is 4. The molecule has 8 N–H and O–H groups in total. The van der Waals surface area contributed by atoms with Crippen molar-refractivity contribution < 1.29 is 9.59 Å². The van der Waals surface area contributed by atoms with Gasteiger partial charge in [-0.1, -0.05) is 0 Å². The van der Waals surface area contributed by atoms with Crippen LogP contribution in [0, 0.1) is 0 Å². The van der Waals surface area contributed by atoms with Crippen molar-refractivity contribution in [1.82, 2.24) is 0 Å². The van der Waals surface area contributed by atoms with Crippen molar-refractivity contribution in [3.63, 3.8) is 0 Å². The van der Waals surface area contributed by atoms with Crippen LogP contribution in [0.25, 0.3) is 0 Å². The van der Waals surface area contributed by atoms with Crippen LogP contribution >= 0.6 is 0 Å². The molecule has 0 aliphatic heterocycles. The molecule has 0 aromatic carbocycles. The van der Waals surface area contributed by atoms with Crippen molar-refractivity contribution in [3.8, 4) is 0 Å². The highest BCUT2D eigenvalue weighted by Gasteiger charge is 1.97. The maximum Gasteiger partial charge on any atom is 0.217 e. The Bertz CT molecular complexity index is 206. The van der Waals surface area contributed by atoms with Crippen molar-refractivity contribution in [2.75, 3.05) is 0 Å². The van der Waals surface area contributed by atoms with Crippen LogP contribution < -0.4 is 22.9 Å². The number of rotatable bonds is 8. The Morgan fingerprint density at radius 3 is 1.28 bits per heavy atom. The van der Waals surface area contributed by atoms with Gasteiger partial charge in [0.2, 0.25) is 11.8 Å². The molecule has 108 valence electrons. The van der Waals surface area contributed by atoms with Crippen molar-refractivity contribution in [3.05, 3.63) is 0 Å². The number of nitrogens with two attached hydrogens (primary N) is 4. The van der Waals surface area contributed by atoms with Crippen LogP contribution in [0.2, 0.25) is 0 Å². The van der Waals surface area contributed by atoms with Gasteiger partial charge >= 0.3 is 0 Å². The zero-order valence-electron chi connectivity index (χ0n) is 11.5. The van der Waals surface area contributed by atoms with Crippen LogP contribution in [0.3, 0.4) is 0 Å². The molecule has 0 aromatic heterocycles. The molecule has 0 saturated heterocycles. The number of carbonyl (C=O) groups excluding carboxylic acids is 2. The molecule has 2 atom stereocenters. The van der Waals surface area contributed by atoms with Gasteiger partial charge in [0.1, 0.15) is 0 Å². The topological polar surface area (TPSA) is 138 Å². The van der Waals surface area contributed by atoms with E-state index in [2.05, 4.69) is 0 Å². The van der Waals surface area contributed by atoms with E-state index in [9.17, 15) is 9.59 Å². The van der Waals surface area contributed by atoms with Crippen LogP contribution in [0.5, 0.6) is 0 Å². The van der Waals surface area contributed by atoms with E-state index in [4.69, 9.17) is 22.9 Å². The van der Waals surface area contributed by atoms with E-state index in [-0.39, 0.29) is 23.9 Å². The Balaban J connectivity index is 0. The van der Waals surface area contributed by atoms with Gasteiger partial charge in [0.15, 0.2) is 0 Å². The number of amides is 2. The van der Waals surface area contributed by atoms with Crippen molar-refractivity contribution in [2.24, 2.45) is 22.9 Å². The van der Waals surface area contributed by atoms with Crippen molar-refractivity contribution in [1.29, 1.82) is 0 Å². The molecule has 0 spiro atoms. The van der Waals surface area contributed by atoms with Gasteiger partial charge in [-0.25, -0.2) is 0 Å². The lowest BCUT2D eigenvalue weighted by atomic mass is 10.1. The lowest BCUT2D eigenvalue weighted by molar-refractivity contribution is -0.119. The quantitative estimate of drug-likeness (QED) is 0.487. The predicted molar refractivity (Wildman–Crippen MR) is 73.4 cm³/mol. The van der Waals surface area contributed by atoms with E-state index in [0.29, 0.717) is 12.8 Å². The van der Waals surface area contributed by atoms with Crippen LogP contribution in [-0.4, -0.2) is 23.9 Å². The smallest absolute Gasteiger partial charge is 0.217 e. The van der Waals surface area contributed by atoms with Crippen LogP contribution in [-0.2, 0) is 9.59 Å². The maximum atomic E-state index is 10.2. The molecule has 2 amide bonds. The molecular weight excluding hydrogens is 232 g/mol. The molecule has 0 fully saturated rings. The summed E-state index contributed by atoms with van der Waals surface area (Å²) in [6, 6.07) is 0.369. The van der Waals surface area contributed by atoms with E-state index < -0.39 is 0 Å². The molecule has 2 unspecified atom stereocenters. The second-order valence-electron chi connectivity index (χ2n) is 4.67. The van der Waals surface area contributed by atoms with Crippen LogP contribution in [0.4, 0.5) is 0 Å². The molecule has 0 aliphatic carbocycles. The molecule has 6 nitrogen and oxygen atoms in total. The fourth-order valence-corrected chi connectivity index (χ4v) is 1.20. The lowest BCUT2D eigenvalue weighted by Crippen LogP contribution is -2.16. The summed E-state index contributed by atoms with van der Waals surface area (Å²) in [6.45, 7) is 3.84. The predicted octanol–water partition coefficient (Wildman–Crippen LogP) is -0.0216. The maximum absolute atomic E-state index is 10.2. The number of primary amides is 2. The van der Waals surface area contributed by atoms with Gasteiger partial charge in [-0.05, 0) is 39.5 Å².